The SMILES string of the molecule is CC(C)(C)[Si](C)(C)N1C(=O)[C@@H](CO)[C@@H]1SC(c1ccccc1)(c1ccccc1)c1ccccc1. The van der Waals surface area contributed by atoms with Crippen molar-refractivity contribution in [1.29, 1.82) is 0 Å². The molecule has 0 unspecified atom stereocenters. The minimum atomic E-state index is -2.16. The molecule has 0 radical (unpaired) electrons. The molecule has 5 heteroatoms. The van der Waals surface area contributed by atoms with Crippen LogP contribution >= 0.6 is 11.8 Å². The third kappa shape index (κ3) is 4.04. The van der Waals surface area contributed by atoms with Crippen LogP contribution in [0.1, 0.15) is 37.5 Å². The highest BCUT2D eigenvalue weighted by molar-refractivity contribution is 8.01. The molecule has 0 aromatic heterocycles. The van der Waals surface area contributed by atoms with Crippen LogP contribution in [0.3, 0.4) is 0 Å². The lowest BCUT2D eigenvalue weighted by Crippen LogP contribution is -2.72. The van der Waals surface area contributed by atoms with E-state index in [4.69, 9.17) is 0 Å². The molecule has 1 N–H and O–H groups in total. The van der Waals surface area contributed by atoms with E-state index in [1.807, 2.05) is 18.2 Å². The molecule has 0 aliphatic carbocycles. The fourth-order valence-corrected chi connectivity index (χ4v) is 9.64. The average molecular weight is 490 g/mol. The summed E-state index contributed by atoms with van der Waals surface area (Å²) >= 11 is 1.81. The first-order valence-corrected chi connectivity index (χ1v) is 15.8. The highest BCUT2D eigenvalue weighted by atomic mass is 32.2. The second-order valence-electron chi connectivity index (χ2n) is 10.6. The standard InChI is InChI=1S/C29H35NO2SSi/c1-28(2,3)34(4,5)30-26(32)25(21-31)27(30)33-29(22-15-9-6-10-16-22,23-17-11-7-12-18-23)24-19-13-8-14-20-24/h6-20,25,27,31H,21H2,1-5H3/t25-,27+/m1/s1. The molecule has 1 saturated heterocycles. The van der Waals surface area contributed by atoms with Gasteiger partial charge in [0, 0.05) is 0 Å². The molecular weight excluding hydrogens is 454 g/mol. The lowest BCUT2D eigenvalue weighted by Gasteiger charge is -2.59. The Morgan fingerprint density at radius 3 is 1.50 bits per heavy atom. The third-order valence-electron chi connectivity index (χ3n) is 7.63. The van der Waals surface area contributed by atoms with Crippen molar-refractivity contribution in [2.45, 2.75) is 49.0 Å². The van der Waals surface area contributed by atoms with E-state index in [2.05, 4.69) is 111 Å². The molecule has 34 heavy (non-hydrogen) atoms. The Morgan fingerprint density at radius 2 is 1.18 bits per heavy atom. The molecule has 3 aromatic rings. The summed E-state index contributed by atoms with van der Waals surface area (Å²) in [5, 5.41) is 10.2. The van der Waals surface area contributed by atoms with Crippen LogP contribution in [0.25, 0.3) is 0 Å². The normalized spacial score (nSPS) is 19.1. The van der Waals surface area contributed by atoms with Crippen molar-refractivity contribution in [1.82, 2.24) is 4.57 Å². The van der Waals surface area contributed by atoms with Gasteiger partial charge in [-0.3, -0.25) is 4.79 Å². The van der Waals surface area contributed by atoms with Crippen molar-refractivity contribution in [3.63, 3.8) is 0 Å². The Kier molecular flexibility index (Phi) is 6.82. The second-order valence-corrected chi connectivity index (χ2v) is 17.0. The van der Waals surface area contributed by atoms with Gasteiger partial charge in [-0.25, -0.2) is 0 Å². The number of amides is 1. The second kappa shape index (κ2) is 9.37. The van der Waals surface area contributed by atoms with Gasteiger partial charge < -0.3 is 9.67 Å². The van der Waals surface area contributed by atoms with Crippen LogP contribution in [-0.2, 0) is 9.54 Å². The number of aliphatic hydroxyl groups is 1. The molecule has 178 valence electrons. The van der Waals surface area contributed by atoms with Crippen molar-refractivity contribution in [2.75, 3.05) is 6.61 Å². The molecule has 2 atom stereocenters. The largest absolute Gasteiger partial charge is 0.395 e. The zero-order valence-electron chi connectivity index (χ0n) is 20.7. The van der Waals surface area contributed by atoms with Gasteiger partial charge in [0.2, 0.25) is 5.91 Å². The topological polar surface area (TPSA) is 40.5 Å². The van der Waals surface area contributed by atoms with E-state index < -0.39 is 18.9 Å². The van der Waals surface area contributed by atoms with Crippen LogP contribution in [0.15, 0.2) is 91.0 Å². The molecule has 1 heterocycles. The average Bonchev–Trinajstić information content (AvgIpc) is 2.83. The minimum absolute atomic E-state index is 0.0107. The fraction of sp³-hybridized carbons (Fsp3) is 0.345. The molecule has 1 amide bonds. The maximum atomic E-state index is 13.4. The Labute approximate surface area is 209 Å². The van der Waals surface area contributed by atoms with Crippen molar-refractivity contribution in [2.24, 2.45) is 5.92 Å². The van der Waals surface area contributed by atoms with E-state index in [1.165, 1.54) is 16.7 Å². The summed E-state index contributed by atoms with van der Waals surface area (Å²) in [7, 11) is -2.16. The lowest BCUT2D eigenvalue weighted by molar-refractivity contribution is -0.145. The van der Waals surface area contributed by atoms with Crippen molar-refractivity contribution in [3.05, 3.63) is 108 Å². The number of hydrogen-bond acceptors (Lipinski definition) is 3. The summed E-state index contributed by atoms with van der Waals surface area (Å²) in [6, 6.07) is 31.7. The van der Waals surface area contributed by atoms with Crippen molar-refractivity contribution >= 4 is 25.9 Å². The Hall–Kier alpha value is -2.34. The van der Waals surface area contributed by atoms with E-state index >= 15 is 0 Å². The fourth-order valence-electron chi connectivity index (χ4n) is 4.69. The maximum Gasteiger partial charge on any atom is 0.223 e. The van der Waals surface area contributed by atoms with E-state index in [-0.39, 0.29) is 22.9 Å². The van der Waals surface area contributed by atoms with Crippen LogP contribution in [-0.4, -0.2) is 35.8 Å². The molecular formula is C29H35NO2SSi. The lowest BCUT2D eigenvalue weighted by atomic mass is 9.84. The van der Waals surface area contributed by atoms with Gasteiger partial charge in [0.15, 0.2) is 8.24 Å². The smallest absolute Gasteiger partial charge is 0.223 e. The number of aliphatic hydroxyl groups excluding tert-OH is 1. The molecule has 3 aromatic carbocycles. The molecule has 3 nitrogen and oxygen atoms in total. The van der Waals surface area contributed by atoms with Gasteiger partial charge in [-0.15, -0.1) is 11.8 Å². The van der Waals surface area contributed by atoms with Crippen LogP contribution in [0.5, 0.6) is 0 Å². The maximum absolute atomic E-state index is 13.4. The van der Waals surface area contributed by atoms with E-state index in [0.717, 1.165) is 0 Å². The molecule has 1 aliphatic heterocycles. The van der Waals surface area contributed by atoms with Gasteiger partial charge in [0.05, 0.1) is 22.6 Å². The number of benzene rings is 3. The van der Waals surface area contributed by atoms with Crippen molar-refractivity contribution in [3.8, 4) is 0 Å². The van der Waals surface area contributed by atoms with Gasteiger partial charge >= 0.3 is 0 Å². The Morgan fingerprint density at radius 1 is 0.794 bits per heavy atom. The summed E-state index contributed by atoms with van der Waals surface area (Å²) in [6.45, 7) is 11.1. The third-order valence-corrected chi connectivity index (χ3v) is 15.0. The molecule has 0 saturated carbocycles. The highest BCUT2D eigenvalue weighted by Gasteiger charge is 2.59. The van der Waals surface area contributed by atoms with E-state index in [0.29, 0.717) is 0 Å². The van der Waals surface area contributed by atoms with Crippen LogP contribution in [0.2, 0.25) is 18.1 Å². The number of nitrogens with zero attached hydrogens (tertiary/aromatic N) is 1. The number of thioether (sulfide) groups is 1. The number of carbonyl (C=O) groups is 1. The van der Waals surface area contributed by atoms with Crippen LogP contribution < -0.4 is 0 Å². The number of carbonyl (C=O) groups excluding carboxylic acids is 1. The minimum Gasteiger partial charge on any atom is -0.395 e. The Balaban J connectivity index is 1.93. The molecule has 1 fully saturated rings. The van der Waals surface area contributed by atoms with Gasteiger partial charge in [-0.05, 0) is 21.7 Å². The molecule has 0 spiro atoms. The number of β-lactam (4-membered cyclic amide) rings is 1. The zero-order chi connectivity index (χ0) is 24.6. The Bertz CT molecular complexity index is 1020. The first-order chi connectivity index (χ1) is 16.1. The predicted octanol–water partition coefficient (Wildman–Crippen LogP) is 6.49. The van der Waals surface area contributed by atoms with Crippen LogP contribution in [0.4, 0.5) is 0 Å². The van der Waals surface area contributed by atoms with E-state index in [9.17, 15) is 9.90 Å². The summed E-state index contributed by atoms with van der Waals surface area (Å²) < 4.78 is 1.63. The summed E-state index contributed by atoms with van der Waals surface area (Å²) in [4.78, 5) is 13.4. The van der Waals surface area contributed by atoms with Gasteiger partial charge in [-0.1, -0.05) is 125 Å². The monoisotopic (exact) mass is 489 g/mol. The first-order valence-electron chi connectivity index (χ1n) is 11.9. The van der Waals surface area contributed by atoms with E-state index in [1.54, 1.807) is 11.8 Å². The summed E-state index contributed by atoms with van der Waals surface area (Å²) in [6.07, 6.45) is 0. The summed E-state index contributed by atoms with van der Waals surface area (Å²) in [5.74, 6) is -0.302. The molecule has 4 rings (SSSR count). The summed E-state index contributed by atoms with van der Waals surface area (Å²) in [5.41, 5.74) is 3.51. The molecule has 1 aliphatic rings. The quantitative estimate of drug-likeness (QED) is 0.234. The van der Waals surface area contributed by atoms with Gasteiger partial charge in [0.1, 0.15) is 0 Å². The first kappa shape index (κ1) is 24.8. The highest BCUT2D eigenvalue weighted by Crippen LogP contribution is 2.56. The predicted molar refractivity (Wildman–Crippen MR) is 145 cm³/mol. The number of rotatable bonds is 7. The van der Waals surface area contributed by atoms with Gasteiger partial charge in [0.25, 0.3) is 0 Å². The van der Waals surface area contributed by atoms with Crippen LogP contribution in [0, 0.1) is 5.92 Å². The van der Waals surface area contributed by atoms with Crippen molar-refractivity contribution < 1.29 is 9.90 Å². The zero-order valence-corrected chi connectivity index (χ0v) is 22.5. The number of hydrogen-bond donors (Lipinski definition) is 1. The molecule has 0 bridgehead atoms. The van der Waals surface area contributed by atoms with Gasteiger partial charge in [-0.2, -0.15) is 0 Å².